The molecule has 0 aromatic carbocycles. The van der Waals surface area contributed by atoms with Crippen molar-refractivity contribution in [2.45, 2.75) is 7.43 Å². The standard InChI is InChI=1S/C8H6Cl2FN3OS.C6HCl3FNO.C2H6N2S.CH4/c1-16-8(12)14-7(15)3-2-4(9)13-6(10)5(3)11;7-3-1-2(6(9)12)4(10)5(8)11-3;1-5-2(3)4;/h2H,1H3,(H2,12,14,15);1H;1H3,(H3,3,4);1H4. The quantitative estimate of drug-likeness (QED) is 0.133. The number of nitrogens with one attached hydrogen (secondary N) is 3. The molecule has 0 fully saturated rings. The molecule has 2 aromatic rings. The van der Waals surface area contributed by atoms with Crippen LogP contribution < -0.4 is 11.1 Å². The first-order valence-electron chi connectivity index (χ1n) is 7.79. The molecule has 0 aliphatic rings. The molecule has 2 aromatic heterocycles. The van der Waals surface area contributed by atoms with Gasteiger partial charge in [-0.05, 0) is 36.2 Å². The summed E-state index contributed by atoms with van der Waals surface area (Å²) in [7, 11) is 0. The molecular weight excluding hydrogens is 600 g/mol. The Balaban J connectivity index is 0. The second kappa shape index (κ2) is 17.1. The summed E-state index contributed by atoms with van der Waals surface area (Å²) < 4.78 is 26.3. The summed E-state index contributed by atoms with van der Waals surface area (Å²) in [5.41, 5.74) is 4.12. The van der Waals surface area contributed by atoms with E-state index in [1.165, 1.54) is 11.8 Å². The Bertz CT molecular complexity index is 1070. The maximum atomic E-state index is 13.4. The molecule has 2 heterocycles. The van der Waals surface area contributed by atoms with Crippen molar-refractivity contribution in [1.82, 2.24) is 15.3 Å². The van der Waals surface area contributed by atoms with Crippen LogP contribution in [0.15, 0.2) is 12.1 Å². The number of carbonyl (C=O) groups is 2. The maximum Gasteiger partial charge on any atom is 0.260 e. The summed E-state index contributed by atoms with van der Waals surface area (Å²) in [6.45, 7) is 0. The van der Waals surface area contributed by atoms with Crippen LogP contribution in [-0.2, 0) is 0 Å². The Morgan fingerprint density at radius 3 is 1.68 bits per heavy atom. The summed E-state index contributed by atoms with van der Waals surface area (Å²) in [5.74, 6) is -2.71. The lowest BCUT2D eigenvalue weighted by Gasteiger charge is -2.06. The lowest BCUT2D eigenvalue weighted by molar-refractivity contribution is 0.0973. The normalized spacial score (nSPS) is 9.32. The molecule has 2 rings (SSSR count). The highest BCUT2D eigenvalue weighted by atomic mass is 35.5. The SMILES string of the molecule is C.CSC(=N)N.CSC(=N)NC(=O)c1cc(Cl)nc(Cl)c1F.O=C(Cl)c1cc(Cl)nc(Cl)c1F. The zero-order valence-electron chi connectivity index (χ0n) is 16.4. The Morgan fingerprint density at radius 2 is 1.32 bits per heavy atom. The number of hydrogen-bond acceptors (Lipinski definition) is 8. The van der Waals surface area contributed by atoms with Gasteiger partial charge in [0.2, 0.25) is 0 Å². The van der Waals surface area contributed by atoms with Crippen LogP contribution in [0.3, 0.4) is 0 Å². The van der Waals surface area contributed by atoms with E-state index >= 15 is 0 Å². The first kappa shape index (κ1) is 34.8. The van der Waals surface area contributed by atoms with E-state index in [2.05, 4.69) is 15.3 Å². The van der Waals surface area contributed by atoms with E-state index in [0.29, 0.717) is 0 Å². The third-order valence-corrected chi connectivity index (χ3v) is 4.92. The molecule has 34 heavy (non-hydrogen) atoms. The van der Waals surface area contributed by atoms with E-state index in [4.69, 9.17) is 74.6 Å². The van der Waals surface area contributed by atoms with Crippen molar-refractivity contribution < 1.29 is 18.4 Å². The van der Waals surface area contributed by atoms with Crippen LogP contribution in [0.5, 0.6) is 0 Å². The summed E-state index contributed by atoms with van der Waals surface area (Å²) in [6, 6.07) is 2.06. The van der Waals surface area contributed by atoms with Gasteiger partial charge in [-0.15, -0.1) is 0 Å². The molecule has 0 spiro atoms. The van der Waals surface area contributed by atoms with Crippen LogP contribution in [0, 0.1) is 22.5 Å². The van der Waals surface area contributed by atoms with Crippen LogP contribution in [0.4, 0.5) is 8.78 Å². The number of nitrogens with zero attached hydrogens (tertiary/aromatic N) is 2. The lowest BCUT2D eigenvalue weighted by Crippen LogP contribution is -2.28. The van der Waals surface area contributed by atoms with Crippen molar-refractivity contribution in [3.8, 4) is 0 Å². The molecule has 0 saturated carbocycles. The van der Waals surface area contributed by atoms with Crippen LogP contribution in [-0.4, -0.2) is 44.0 Å². The molecule has 188 valence electrons. The molecule has 0 aliphatic carbocycles. The zero-order chi connectivity index (χ0) is 25.9. The number of aromatic nitrogens is 2. The third-order valence-electron chi connectivity index (χ3n) is 2.88. The number of halogens is 7. The van der Waals surface area contributed by atoms with Gasteiger partial charge in [-0.2, -0.15) is 0 Å². The number of amidine groups is 2. The fourth-order valence-corrected chi connectivity index (χ4v) is 2.66. The van der Waals surface area contributed by atoms with Crippen LogP contribution in [0.1, 0.15) is 28.1 Å². The Labute approximate surface area is 227 Å². The monoisotopic (exact) mass is 614 g/mol. The topological polar surface area (TPSA) is 146 Å². The Kier molecular flexibility index (Phi) is 17.5. The van der Waals surface area contributed by atoms with E-state index in [0.717, 1.165) is 23.9 Å². The van der Waals surface area contributed by atoms with Crippen LogP contribution >= 0.6 is 81.5 Å². The van der Waals surface area contributed by atoms with Gasteiger partial charge < -0.3 is 11.1 Å². The first-order chi connectivity index (χ1) is 15.2. The Hall–Kier alpha value is -1.41. The minimum atomic E-state index is -0.961. The van der Waals surface area contributed by atoms with Crippen molar-refractivity contribution >= 4 is 103 Å². The van der Waals surface area contributed by atoms with E-state index < -0.39 is 33.1 Å². The summed E-state index contributed by atoms with van der Waals surface area (Å²) in [4.78, 5) is 28.8. The van der Waals surface area contributed by atoms with E-state index in [-0.39, 0.29) is 39.2 Å². The van der Waals surface area contributed by atoms with Gasteiger partial charge in [0.15, 0.2) is 32.3 Å². The molecule has 1 amide bonds. The van der Waals surface area contributed by atoms with Gasteiger partial charge in [-0.1, -0.05) is 77.4 Å². The second-order valence-corrected chi connectivity index (χ2v) is 8.52. The highest BCUT2D eigenvalue weighted by Crippen LogP contribution is 2.21. The van der Waals surface area contributed by atoms with Gasteiger partial charge in [0, 0.05) is 0 Å². The summed E-state index contributed by atoms with van der Waals surface area (Å²) in [6.07, 6.45) is 3.37. The third kappa shape index (κ3) is 12.3. The predicted molar refractivity (Wildman–Crippen MR) is 139 cm³/mol. The molecule has 0 radical (unpaired) electrons. The summed E-state index contributed by atoms with van der Waals surface area (Å²) >= 11 is 28.9. The number of rotatable bonds is 2. The van der Waals surface area contributed by atoms with Crippen molar-refractivity contribution in [2.24, 2.45) is 5.73 Å². The van der Waals surface area contributed by atoms with Gasteiger partial charge in [0.05, 0.1) is 11.1 Å². The molecule has 0 unspecified atom stereocenters. The number of thioether (sulfide) groups is 2. The van der Waals surface area contributed by atoms with Crippen molar-refractivity contribution in [3.05, 3.63) is 55.5 Å². The van der Waals surface area contributed by atoms with E-state index in [1.807, 2.05) is 0 Å². The fraction of sp³-hybridized carbons (Fsp3) is 0.176. The largest absolute Gasteiger partial charge is 0.379 e. The summed E-state index contributed by atoms with van der Waals surface area (Å²) in [5, 5.41) is 13.9. The number of amides is 1. The highest BCUT2D eigenvalue weighted by Gasteiger charge is 2.18. The average Bonchev–Trinajstić information content (AvgIpc) is 2.73. The molecule has 8 nitrogen and oxygen atoms in total. The number of nitrogens with two attached hydrogens (primary N) is 1. The molecule has 17 heteroatoms. The minimum Gasteiger partial charge on any atom is -0.379 e. The zero-order valence-corrected chi connectivity index (χ0v) is 21.8. The molecule has 0 saturated heterocycles. The average molecular weight is 617 g/mol. The van der Waals surface area contributed by atoms with Gasteiger partial charge in [0.25, 0.3) is 11.1 Å². The minimum absolute atomic E-state index is 0. The van der Waals surface area contributed by atoms with Gasteiger partial charge in [-0.25, -0.2) is 18.7 Å². The fourth-order valence-electron chi connectivity index (χ4n) is 1.47. The lowest BCUT2D eigenvalue weighted by atomic mass is 10.2. The number of hydrogen-bond donors (Lipinski definition) is 4. The smallest absolute Gasteiger partial charge is 0.260 e. The number of carbonyl (C=O) groups excluding carboxylic acids is 2. The highest BCUT2D eigenvalue weighted by molar-refractivity contribution is 8.13. The van der Waals surface area contributed by atoms with Crippen LogP contribution in [0.2, 0.25) is 20.6 Å². The number of pyridine rings is 2. The van der Waals surface area contributed by atoms with Gasteiger partial charge >= 0.3 is 0 Å². The molecule has 5 N–H and O–H groups in total. The maximum absolute atomic E-state index is 13.4. The Morgan fingerprint density at radius 1 is 0.941 bits per heavy atom. The molecule has 0 aliphatic heterocycles. The second-order valence-electron chi connectivity index (χ2n) is 5.02. The molecule has 0 atom stereocenters. The van der Waals surface area contributed by atoms with Crippen LogP contribution in [0.25, 0.3) is 0 Å². The molecule has 0 bridgehead atoms. The van der Waals surface area contributed by atoms with Crippen molar-refractivity contribution in [1.29, 1.82) is 10.8 Å². The van der Waals surface area contributed by atoms with E-state index in [9.17, 15) is 18.4 Å². The van der Waals surface area contributed by atoms with Gasteiger partial charge in [0.1, 0.15) is 10.3 Å². The first-order valence-corrected chi connectivity index (χ1v) is 12.1. The predicted octanol–water partition coefficient (Wildman–Crippen LogP) is 6.34. The van der Waals surface area contributed by atoms with Crippen molar-refractivity contribution in [2.75, 3.05) is 12.5 Å². The van der Waals surface area contributed by atoms with Gasteiger partial charge in [-0.3, -0.25) is 20.4 Å². The molecular formula is C17H17Cl5F2N6O2S2. The van der Waals surface area contributed by atoms with E-state index in [1.54, 1.807) is 12.5 Å². The van der Waals surface area contributed by atoms with Crippen molar-refractivity contribution in [3.63, 3.8) is 0 Å².